The van der Waals surface area contributed by atoms with Crippen LogP contribution < -0.4 is 10.6 Å². The Morgan fingerprint density at radius 2 is 2.12 bits per heavy atom. The summed E-state index contributed by atoms with van der Waals surface area (Å²) in [4.78, 5) is 2.57. The van der Waals surface area contributed by atoms with Crippen molar-refractivity contribution in [3.8, 4) is 0 Å². The molecule has 1 atom stereocenters. The molecule has 5 heteroatoms. The number of hydrogen-bond donors (Lipinski definition) is 1. The maximum absolute atomic E-state index is 12.2. The number of fused-ring (bicyclic) bond motifs is 1. The Morgan fingerprint density at radius 3 is 2.82 bits per heavy atom. The zero-order valence-electron chi connectivity index (χ0n) is 9.96. The summed E-state index contributed by atoms with van der Waals surface area (Å²) < 4.78 is 24.3. The van der Waals surface area contributed by atoms with Crippen molar-refractivity contribution in [2.24, 2.45) is 5.73 Å². The minimum Gasteiger partial charge on any atom is -0.369 e. The second-order valence-corrected chi connectivity index (χ2v) is 6.75. The van der Waals surface area contributed by atoms with Crippen LogP contribution in [-0.4, -0.2) is 33.3 Å². The molecule has 1 aliphatic rings. The standard InChI is InChI=1S/C12H18N2O2S/c1-10-9-14(8-4-7-13)11-5-2-3-6-12(11)17(10,15)16/h2-3,5-6,10H,4,7-9,13H2,1H3. The van der Waals surface area contributed by atoms with Crippen LogP contribution in [0.5, 0.6) is 0 Å². The van der Waals surface area contributed by atoms with Crippen LogP contribution in [0.25, 0.3) is 0 Å². The van der Waals surface area contributed by atoms with E-state index in [1.807, 2.05) is 12.1 Å². The van der Waals surface area contributed by atoms with Gasteiger partial charge in [0.05, 0.1) is 15.8 Å². The molecule has 4 nitrogen and oxygen atoms in total. The molecule has 17 heavy (non-hydrogen) atoms. The molecule has 1 unspecified atom stereocenters. The lowest BCUT2D eigenvalue weighted by atomic mass is 10.2. The van der Waals surface area contributed by atoms with Gasteiger partial charge in [-0.05, 0) is 32.0 Å². The van der Waals surface area contributed by atoms with Crippen LogP contribution in [0, 0.1) is 0 Å². The minimum atomic E-state index is -3.15. The molecule has 2 rings (SSSR count). The maximum Gasteiger partial charge on any atom is 0.184 e. The number of para-hydroxylation sites is 1. The Bertz CT molecular complexity index is 499. The molecule has 1 aliphatic heterocycles. The lowest BCUT2D eigenvalue weighted by molar-refractivity contribution is 0.571. The third-order valence-corrected chi connectivity index (χ3v) is 5.32. The van der Waals surface area contributed by atoms with Gasteiger partial charge >= 0.3 is 0 Å². The Balaban J connectivity index is 2.42. The molecule has 1 aromatic rings. The normalized spacial score (nSPS) is 22.2. The van der Waals surface area contributed by atoms with Crippen molar-refractivity contribution in [1.29, 1.82) is 0 Å². The van der Waals surface area contributed by atoms with Gasteiger partial charge in [0.15, 0.2) is 9.84 Å². The summed E-state index contributed by atoms with van der Waals surface area (Å²) in [7, 11) is -3.15. The minimum absolute atomic E-state index is 0.352. The van der Waals surface area contributed by atoms with Crippen LogP contribution in [0.4, 0.5) is 5.69 Å². The van der Waals surface area contributed by atoms with E-state index < -0.39 is 9.84 Å². The third kappa shape index (κ3) is 2.17. The zero-order valence-corrected chi connectivity index (χ0v) is 10.8. The van der Waals surface area contributed by atoms with Gasteiger partial charge in [0.25, 0.3) is 0 Å². The summed E-state index contributed by atoms with van der Waals surface area (Å²) in [6.07, 6.45) is 0.876. The topological polar surface area (TPSA) is 63.4 Å². The highest BCUT2D eigenvalue weighted by molar-refractivity contribution is 7.92. The van der Waals surface area contributed by atoms with Crippen molar-refractivity contribution in [3.63, 3.8) is 0 Å². The average Bonchev–Trinajstić information content (AvgIpc) is 2.33. The average molecular weight is 254 g/mol. The molecule has 0 amide bonds. The first-order valence-corrected chi connectivity index (χ1v) is 7.40. The van der Waals surface area contributed by atoms with Crippen LogP contribution in [0.1, 0.15) is 13.3 Å². The van der Waals surface area contributed by atoms with Crippen LogP contribution in [0.2, 0.25) is 0 Å². The summed E-state index contributed by atoms with van der Waals surface area (Å²) in [5.41, 5.74) is 6.33. The van der Waals surface area contributed by atoms with E-state index in [-0.39, 0.29) is 5.25 Å². The van der Waals surface area contributed by atoms with Gasteiger partial charge in [-0.1, -0.05) is 12.1 Å². The summed E-state index contributed by atoms with van der Waals surface area (Å²) >= 11 is 0. The summed E-state index contributed by atoms with van der Waals surface area (Å²) in [5.74, 6) is 0. The quantitative estimate of drug-likeness (QED) is 0.874. The summed E-state index contributed by atoms with van der Waals surface area (Å²) in [6, 6.07) is 7.21. The molecular weight excluding hydrogens is 236 g/mol. The molecule has 0 bridgehead atoms. The first-order valence-electron chi connectivity index (χ1n) is 5.85. The highest BCUT2D eigenvalue weighted by Gasteiger charge is 2.33. The molecule has 94 valence electrons. The zero-order chi connectivity index (χ0) is 12.5. The molecular formula is C12H18N2O2S. The first kappa shape index (κ1) is 12.4. The molecule has 0 aromatic heterocycles. The fourth-order valence-electron chi connectivity index (χ4n) is 2.18. The fourth-order valence-corrected chi connectivity index (χ4v) is 3.74. The Morgan fingerprint density at radius 1 is 1.41 bits per heavy atom. The van der Waals surface area contributed by atoms with E-state index in [0.29, 0.717) is 18.0 Å². The summed E-state index contributed by atoms with van der Waals surface area (Å²) in [6.45, 7) is 3.76. The van der Waals surface area contributed by atoms with E-state index in [1.165, 1.54) is 0 Å². The number of sulfone groups is 1. The van der Waals surface area contributed by atoms with Crippen molar-refractivity contribution in [3.05, 3.63) is 24.3 Å². The lowest BCUT2D eigenvalue weighted by Gasteiger charge is -2.34. The van der Waals surface area contributed by atoms with Crippen molar-refractivity contribution in [1.82, 2.24) is 0 Å². The van der Waals surface area contributed by atoms with Crippen LogP contribution in [0.15, 0.2) is 29.2 Å². The number of nitrogens with zero attached hydrogens (tertiary/aromatic N) is 1. The van der Waals surface area contributed by atoms with Crippen LogP contribution in [0.3, 0.4) is 0 Å². The molecule has 1 heterocycles. The van der Waals surface area contributed by atoms with E-state index in [1.54, 1.807) is 19.1 Å². The molecule has 0 fully saturated rings. The first-order chi connectivity index (χ1) is 8.07. The Kier molecular flexibility index (Phi) is 3.40. The highest BCUT2D eigenvalue weighted by atomic mass is 32.2. The predicted octanol–water partition coefficient (Wildman–Crippen LogP) is 1.02. The van der Waals surface area contributed by atoms with Gasteiger partial charge in [-0.2, -0.15) is 0 Å². The maximum atomic E-state index is 12.2. The predicted molar refractivity (Wildman–Crippen MR) is 69.0 cm³/mol. The van der Waals surface area contributed by atoms with E-state index in [9.17, 15) is 8.42 Å². The van der Waals surface area contributed by atoms with Crippen LogP contribution in [-0.2, 0) is 9.84 Å². The van der Waals surface area contributed by atoms with Gasteiger partial charge in [-0.3, -0.25) is 0 Å². The highest BCUT2D eigenvalue weighted by Crippen LogP contribution is 2.33. The Labute approximate surface area is 102 Å². The second kappa shape index (κ2) is 4.66. The Hall–Kier alpha value is -1.07. The fraction of sp³-hybridized carbons (Fsp3) is 0.500. The number of benzene rings is 1. The second-order valence-electron chi connectivity index (χ2n) is 4.41. The number of nitrogens with two attached hydrogens (primary N) is 1. The van der Waals surface area contributed by atoms with E-state index >= 15 is 0 Å². The van der Waals surface area contributed by atoms with Gasteiger partial charge in [0, 0.05) is 13.1 Å². The van der Waals surface area contributed by atoms with Gasteiger partial charge < -0.3 is 10.6 Å². The van der Waals surface area contributed by atoms with E-state index in [4.69, 9.17) is 5.73 Å². The van der Waals surface area contributed by atoms with E-state index in [0.717, 1.165) is 18.7 Å². The number of hydrogen-bond acceptors (Lipinski definition) is 4. The number of rotatable bonds is 3. The van der Waals surface area contributed by atoms with Gasteiger partial charge in [-0.15, -0.1) is 0 Å². The molecule has 0 aliphatic carbocycles. The van der Waals surface area contributed by atoms with Gasteiger partial charge in [-0.25, -0.2) is 8.42 Å². The van der Waals surface area contributed by atoms with Crippen molar-refractivity contribution in [2.75, 3.05) is 24.5 Å². The van der Waals surface area contributed by atoms with Gasteiger partial charge in [0.2, 0.25) is 0 Å². The molecule has 0 saturated heterocycles. The number of anilines is 1. The van der Waals surface area contributed by atoms with Crippen molar-refractivity contribution in [2.45, 2.75) is 23.5 Å². The molecule has 2 N–H and O–H groups in total. The van der Waals surface area contributed by atoms with Crippen LogP contribution >= 0.6 is 0 Å². The van der Waals surface area contributed by atoms with Crippen molar-refractivity contribution < 1.29 is 8.42 Å². The molecule has 1 aromatic carbocycles. The molecule has 0 spiro atoms. The lowest BCUT2D eigenvalue weighted by Crippen LogP contribution is -2.41. The molecule has 0 radical (unpaired) electrons. The van der Waals surface area contributed by atoms with E-state index in [2.05, 4.69) is 4.90 Å². The third-order valence-electron chi connectivity index (χ3n) is 3.15. The SMILES string of the molecule is CC1CN(CCCN)c2ccccc2S1(=O)=O. The largest absolute Gasteiger partial charge is 0.369 e. The molecule has 0 saturated carbocycles. The summed E-state index contributed by atoms with van der Waals surface area (Å²) in [5, 5.41) is -0.352. The van der Waals surface area contributed by atoms with Gasteiger partial charge in [0.1, 0.15) is 0 Å². The van der Waals surface area contributed by atoms with Crippen molar-refractivity contribution >= 4 is 15.5 Å². The monoisotopic (exact) mass is 254 g/mol. The smallest absolute Gasteiger partial charge is 0.184 e.